The van der Waals surface area contributed by atoms with E-state index in [2.05, 4.69) is 0 Å². The van der Waals surface area contributed by atoms with Gasteiger partial charge >= 0.3 is 6.18 Å². The van der Waals surface area contributed by atoms with Gasteiger partial charge in [-0.3, -0.25) is 4.79 Å². The van der Waals surface area contributed by atoms with Crippen LogP contribution in [-0.2, 0) is 0 Å². The Hall–Kier alpha value is -1.80. The van der Waals surface area contributed by atoms with Gasteiger partial charge in [-0.1, -0.05) is 0 Å². The first-order valence-electron chi connectivity index (χ1n) is 5.85. The van der Waals surface area contributed by atoms with Crippen LogP contribution in [0.2, 0.25) is 0 Å². The Balaban J connectivity index is 2.41. The molecule has 1 fully saturated rings. The molecule has 1 saturated heterocycles. The summed E-state index contributed by atoms with van der Waals surface area (Å²) in [5.74, 6) is -9.74. The second kappa shape index (κ2) is 5.19. The van der Waals surface area contributed by atoms with E-state index >= 15 is 0 Å². The number of benzene rings is 1. The summed E-state index contributed by atoms with van der Waals surface area (Å²) in [6.45, 7) is -0.330. The highest BCUT2D eigenvalue weighted by molar-refractivity contribution is 5.95. The Bertz CT molecular complexity index is 584. The van der Waals surface area contributed by atoms with Gasteiger partial charge in [-0.2, -0.15) is 13.2 Å². The Morgan fingerprint density at radius 3 is 2.29 bits per heavy atom. The summed E-state index contributed by atoms with van der Waals surface area (Å²) in [7, 11) is 0. The maximum atomic E-state index is 13.5. The summed E-state index contributed by atoms with van der Waals surface area (Å²) in [6, 6.07) is -2.09. The largest absolute Gasteiger partial charge is 0.408 e. The predicted molar refractivity (Wildman–Crippen MR) is 56.4 cm³/mol. The number of amides is 1. The van der Waals surface area contributed by atoms with Crippen molar-refractivity contribution in [3.05, 3.63) is 34.9 Å². The number of halogens is 7. The van der Waals surface area contributed by atoms with Gasteiger partial charge in [0.05, 0.1) is 5.56 Å². The van der Waals surface area contributed by atoms with Crippen LogP contribution in [0.3, 0.4) is 0 Å². The molecule has 9 heteroatoms. The standard InChI is InChI=1S/C12H8F7NO/c13-6-4-5(8(14)10(16)9(6)15)11(21)20-3-1-2-7(20)12(17,18)19/h4,7H,1-3H2. The van der Waals surface area contributed by atoms with Gasteiger partial charge in [0.25, 0.3) is 5.91 Å². The molecule has 2 rings (SSSR count). The SMILES string of the molecule is O=C(c1cc(F)c(F)c(F)c1F)N1CCCC1C(F)(F)F. The van der Waals surface area contributed by atoms with Crippen molar-refractivity contribution in [1.82, 2.24) is 4.90 Å². The zero-order chi connectivity index (χ0) is 15.9. The van der Waals surface area contributed by atoms with Crippen LogP contribution in [0, 0.1) is 23.3 Å². The molecular formula is C12H8F7NO. The van der Waals surface area contributed by atoms with Crippen LogP contribution in [-0.4, -0.2) is 29.6 Å². The fraction of sp³-hybridized carbons (Fsp3) is 0.417. The second-order valence-electron chi connectivity index (χ2n) is 4.55. The molecule has 21 heavy (non-hydrogen) atoms. The van der Waals surface area contributed by atoms with E-state index in [1.807, 2.05) is 0 Å². The smallest absolute Gasteiger partial charge is 0.326 e. The minimum Gasteiger partial charge on any atom is -0.326 e. The van der Waals surface area contributed by atoms with Crippen LogP contribution in [0.5, 0.6) is 0 Å². The lowest BCUT2D eigenvalue weighted by molar-refractivity contribution is -0.169. The van der Waals surface area contributed by atoms with Crippen molar-refractivity contribution in [2.75, 3.05) is 6.54 Å². The minimum absolute atomic E-state index is 0.0176. The molecule has 1 aliphatic heterocycles. The van der Waals surface area contributed by atoms with Gasteiger partial charge in [-0.15, -0.1) is 0 Å². The molecule has 1 aromatic rings. The third kappa shape index (κ3) is 2.68. The Labute approximate surface area is 114 Å². The molecule has 0 saturated carbocycles. The molecule has 116 valence electrons. The molecular weight excluding hydrogens is 307 g/mol. The summed E-state index contributed by atoms with van der Waals surface area (Å²) in [4.78, 5) is 12.2. The van der Waals surface area contributed by atoms with Crippen molar-refractivity contribution < 1.29 is 35.5 Å². The fourth-order valence-corrected chi connectivity index (χ4v) is 2.23. The van der Waals surface area contributed by atoms with Crippen LogP contribution in [0.4, 0.5) is 30.7 Å². The highest BCUT2D eigenvalue weighted by Crippen LogP contribution is 2.34. The van der Waals surface area contributed by atoms with Crippen LogP contribution >= 0.6 is 0 Å². The van der Waals surface area contributed by atoms with Gasteiger partial charge in [0.2, 0.25) is 0 Å². The lowest BCUT2D eigenvalue weighted by Gasteiger charge is -2.26. The van der Waals surface area contributed by atoms with Crippen molar-refractivity contribution in [1.29, 1.82) is 0 Å². The van der Waals surface area contributed by atoms with Gasteiger partial charge < -0.3 is 4.90 Å². The molecule has 0 bridgehead atoms. The fourth-order valence-electron chi connectivity index (χ4n) is 2.23. The van der Waals surface area contributed by atoms with Crippen LogP contribution in [0.25, 0.3) is 0 Å². The predicted octanol–water partition coefficient (Wildman–Crippen LogP) is 3.41. The monoisotopic (exact) mass is 315 g/mol. The normalized spacial score (nSPS) is 19.2. The minimum atomic E-state index is -4.74. The van der Waals surface area contributed by atoms with Gasteiger partial charge in [0.15, 0.2) is 23.3 Å². The molecule has 0 aromatic heterocycles. The van der Waals surface area contributed by atoms with E-state index in [9.17, 15) is 35.5 Å². The van der Waals surface area contributed by atoms with E-state index < -0.39 is 47.0 Å². The summed E-state index contributed by atoms with van der Waals surface area (Å²) in [5, 5.41) is 0. The number of hydrogen-bond donors (Lipinski definition) is 0. The van der Waals surface area contributed by atoms with E-state index in [0.717, 1.165) is 0 Å². The zero-order valence-electron chi connectivity index (χ0n) is 10.3. The molecule has 0 spiro atoms. The molecule has 1 aliphatic rings. The first-order chi connectivity index (χ1) is 9.64. The molecule has 1 heterocycles. The molecule has 0 N–H and O–H groups in total. The van der Waals surface area contributed by atoms with Gasteiger partial charge in [-0.05, 0) is 18.9 Å². The quantitative estimate of drug-likeness (QED) is 0.442. The highest BCUT2D eigenvalue weighted by Gasteiger charge is 2.48. The van der Waals surface area contributed by atoms with Crippen molar-refractivity contribution >= 4 is 5.91 Å². The van der Waals surface area contributed by atoms with E-state index in [-0.39, 0.29) is 30.4 Å². The topological polar surface area (TPSA) is 20.3 Å². The average Bonchev–Trinajstić information content (AvgIpc) is 2.89. The second-order valence-corrected chi connectivity index (χ2v) is 4.55. The third-order valence-electron chi connectivity index (χ3n) is 3.22. The lowest BCUT2D eigenvalue weighted by Crippen LogP contribution is -2.44. The van der Waals surface area contributed by atoms with Gasteiger partial charge in [-0.25, -0.2) is 17.6 Å². The molecule has 0 aliphatic carbocycles. The molecule has 2 nitrogen and oxygen atoms in total. The number of alkyl halides is 3. The maximum Gasteiger partial charge on any atom is 0.408 e. The number of hydrogen-bond acceptors (Lipinski definition) is 1. The van der Waals surface area contributed by atoms with Crippen LogP contribution < -0.4 is 0 Å². The first-order valence-corrected chi connectivity index (χ1v) is 5.85. The van der Waals surface area contributed by atoms with Gasteiger partial charge in [0, 0.05) is 6.54 Å². The summed E-state index contributed by atoms with van der Waals surface area (Å²) < 4.78 is 90.5. The summed E-state index contributed by atoms with van der Waals surface area (Å²) >= 11 is 0. The van der Waals surface area contributed by atoms with Crippen molar-refractivity contribution in [2.24, 2.45) is 0 Å². The number of nitrogens with zero attached hydrogens (tertiary/aromatic N) is 1. The van der Waals surface area contributed by atoms with Crippen LogP contribution in [0.15, 0.2) is 6.07 Å². The van der Waals surface area contributed by atoms with Crippen molar-refractivity contribution in [2.45, 2.75) is 25.1 Å². The lowest BCUT2D eigenvalue weighted by atomic mass is 10.1. The molecule has 0 radical (unpaired) electrons. The summed E-state index contributed by atoms with van der Waals surface area (Å²) in [6.07, 6.45) is -5.10. The van der Waals surface area contributed by atoms with E-state index in [0.29, 0.717) is 0 Å². The number of likely N-dealkylation sites (tertiary alicyclic amines) is 1. The van der Waals surface area contributed by atoms with E-state index in [4.69, 9.17) is 0 Å². The van der Waals surface area contributed by atoms with Crippen molar-refractivity contribution in [3.63, 3.8) is 0 Å². The molecule has 1 atom stereocenters. The van der Waals surface area contributed by atoms with Crippen LogP contribution in [0.1, 0.15) is 23.2 Å². The Morgan fingerprint density at radius 2 is 1.71 bits per heavy atom. The average molecular weight is 315 g/mol. The maximum absolute atomic E-state index is 13.5. The first kappa shape index (κ1) is 15.6. The van der Waals surface area contributed by atoms with E-state index in [1.165, 1.54) is 0 Å². The Morgan fingerprint density at radius 1 is 1.10 bits per heavy atom. The summed E-state index contributed by atoms with van der Waals surface area (Å²) in [5.41, 5.74) is -1.26. The molecule has 1 amide bonds. The molecule has 1 unspecified atom stereocenters. The number of carbonyl (C=O) groups is 1. The van der Waals surface area contributed by atoms with E-state index in [1.54, 1.807) is 0 Å². The number of carbonyl (C=O) groups excluding carboxylic acids is 1. The zero-order valence-corrected chi connectivity index (χ0v) is 10.3. The highest BCUT2D eigenvalue weighted by atomic mass is 19.4. The van der Waals surface area contributed by atoms with Crippen molar-refractivity contribution in [3.8, 4) is 0 Å². The van der Waals surface area contributed by atoms with Gasteiger partial charge in [0.1, 0.15) is 6.04 Å². The Kier molecular flexibility index (Phi) is 3.85. The number of rotatable bonds is 1. The molecule has 1 aromatic carbocycles. The third-order valence-corrected chi connectivity index (χ3v) is 3.22.